The van der Waals surface area contributed by atoms with Crippen molar-refractivity contribution in [3.8, 4) is 0 Å². The fourth-order valence-electron chi connectivity index (χ4n) is 2.74. The van der Waals surface area contributed by atoms with Gasteiger partial charge in [0.25, 0.3) is 0 Å². The number of carboxylic acids is 1. The number of aryl methyl sites for hydroxylation is 1. The lowest BCUT2D eigenvalue weighted by Gasteiger charge is -2.31. The van der Waals surface area contributed by atoms with Gasteiger partial charge in [-0.25, -0.2) is 4.79 Å². The first-order chi connectivity index (χ1) is 11.0. The first kappa shape index (κ1) is 17.8. The van der Waals surface area contributed by atoms with Crippen LogP contribution in [0, 0.1) is 5.92 Å². The highest BCUT2D eigenvalue weighted by Crippen LogP contribution is 2.17. The van der Waals surface area contributed by atoms with Gasteiger partial charge in [0.2, 0.25) is 0 Å². The molecule has 5 nitrogen and oxygen atoms in total. The van der Waals surface area contributed by atoms with Crippen LogP contribution < -0.4 is 5.32 Å². The van der Waals surface area contributed by atoms with E-state index in [1.54, 1.807) is 4.90 Å². The summed E-state index contributed by atoms with van der Waals surface area (Å²) in [7, 11) is 0. The molecule has 126 valence electrons. The van der Waals surface area contributed by atoms with E-state index in [1.807, 2.05) is 19.1 Å². The highest BCUT2D eigenvalue weighted by atomic mass is 79.9. The summed E-state index contributed by atoms with van der Waals surface area (Å²) in [5, 5.41) is 12.0. The SMILES string of the molecule is CC(CCc1ccc(Br)cc1)NC(=O)N1CCC(C(=O)O)CC1. The van der Waals surface area contributed by atoms with Crippen LogP contribution in [0.5, 0.6) is 0 Å². The number of piperidine rings is 1. The predicted molar refractivity (Wildman–Crippen MR) is 92.4 cm³/mol. The van der Waals surface area contributed by atoms with Gasteiger partial charge >= 0.3 is 12.0 Å². The molecule has 1 saturated heterocycles. The van der Waals surface area contributed by atoms with Crippen molar-refractivity contribution in [2.75, 3.05) is 13.1 Å². The number of hydrogen-bond acceptors (Lipinski definition) is 2. The van der Waals surface area contributed by atoms with E-state index < -0.39 is 5.97 Å². The van der Waals surface area contributed by atoms with Crippen molar-refractivity contribution >= 4 is 27.9 Å². The molecule has 0 saturated carbocycles. The number of nitrogens with one attached hydrogen (secondary N) is 1. The van der Waals surface area contributed by atoms with Crippen molar-refractivity contribution < 1.29 is 14.7 Å². The fraction of sp³-hybridized carbons (Fsp3) is 0.529. The molecule has 1 fully saturated rings. The highest BCUT2D eigenvalue weighted by molar-refractivity contribution is 9.10. The molecule has 0 aliphatic carbocycles. The lowest BCUT2D eigenvalue weighted by molar-refractivity contribution is -0.143. The van der Waals surface area contributed by atoms with E-state index in [0.29, 0.717) is 25.9 Å². The third-order valence-corrected chi connectivity index (χ3v) is 4.81. The second kappa shape index (κ2) is 8.34. The number of aliphatic carboxylic acids is 1. The van der Waals surface area contributed by atoms with Crippen LogP contribution in [0.3, 0.4) is 0 Å². The number of rotatable bonds is 5. The molecular formula is C17H23BrN2O3. The first-order valence-electron chi connectivity index (χ1n) is 7.98. The zero-order chi connectivity index (χ0) is 16.8. The minimum atomic E-state index is -0.757. The number of nitrogens with zero attached hydrogens (tertiary/aromatic N) is 1. The molecule has 6 heteroatoms. The summed E-state index contributed by atoms with van der Waals surface area (Å²) in [4.78, 5) is 24.8. The Morgan fingerprint density at radius 2 is 1.91 bits per heavy atom. The summed E-state index contributed by atoms with van der Waals surface area (Å²) >= 11 is 3.42. The Balaban J connectivity index is 1.72. The standard InChI is InChI=1S/C17H23BrN2O3/c1-12(2-3-13-4-6-15(18)7-5-13)19-17(23)20-10-8-14(9-11-20)16(21)22/h4-7,12,14H,2-3,8-11H2,1H3,(H,19,23)(H,21,22). The number of benzene rings is 1. The van der Waals surface area contributed by atoms with Crippen molar-refractivity contribution in [3.05, 3.63) is 34.3 Å². The number of halogens is 1. The molecule has 1 aromatic rings. The van der Waals surface area contributed by atoms with E-state index in [4.69, 9.17) is 5.11 Å². The second-order valence-corrected chi connectivity index (χ2v) is 7.03. The molecule has 0 bridgehead atoms. The van der Waals surface area contributed by atoms with Crippen LogP contribution in [0.15, 0.2) is 28.7 Å². The quantitative estimate of drug-likeness (QED) is 0.820. The number of urea groups is 1. The summed E-state index contributed by atoms with van der Waals surface area (Å²) in [5.41, 5.74) is 1.25. The molecule has 1 aliphatic rings. The van der Waals surface area contributed by atoms with Gasteiger partial charge < -0.3 is 15.3 Å². The minimum absolute atomic E-state index is 0.0860. The van der Waals surface area contributed by atoms with Crippen LogP contribution in [0.4, 0.5) is 4.79 Å². The van der Waals surface area contributed by atoms with Crippen molar-refractivity contribution in [1.82, 2.24) is 10.2 Å². The molecule has 23 heavy (non-hydrogen) atoms. The van der Waals surface area contributed by atoms with E-state index in [1.165, 1.54) is 5.56 Å². The van der Waals surface area contributed by atoms with Crippen LogP contribution in [0.1, 0.15) is 31.7 Å². The molecule has 0 aromatic heterocycles. The molecular weight excluding hydrogens is 360 g/mol. The number of carboxylic acid groups (broad SMARTS) is 1. The van der Waals surface area contributed by atoms with E-state index in [2.05, 4.69) is 33.4 Å². The van der Waals surface area contributed by atoms with Crippen LogP contribution >= 0.6 is 15.9 Å². The maximum Gasteiger partial charge on any atom is 0.317 e. The van der Waals surface area contributed by atoms with Crippen LogP contribution in [-0.4, -0.2) is 41.1 Å². The average molecular weight is 383 g/mol. The summed E-state index contributed by atoms with van der Waals surface area (Å²) in [6, 6.07) is 8.20. The summed E-state index contributed by atoms with van der Waals surface area (Å²) < 4.78 is 1.06. The van der Waals surface area contributed by atoms with Gasteiger partial charge in [0.05, 0.1) is 5.92 Å². The molecule has 2 rings (SSSR count). The maximum atomic E-state index is 12.2. The number of hydrogen-bond donors (Lipinski definition) is 2. The van der Waals surface area contributed by atoms with Crippen molar-refractivity contribution in [3.63, 3.8) is 0 Å². The molecule has 1 aliphatic heterocycles. The van der Waals surface area contributed by atoms with Gasteiger partial charge in [-0.3, -0.25) is 4.79 Å². The second-order valence-electron chi connectivity index (χ2n) is 6.12. The fourth-order valence-corrected chi connectivity index (χ4v) is 3.00. The third-order valence-electron chi connectivity index (χ3n) is 4.28. The number of likely N-dealkylation sites (tertiary alicyclic amines) is 1. The Labute approximate surface area is 145 Å². The largest absolute Gasteiger partial charge is 0.481 e. The van der Waals surface area contributed by atoms with Crippen molar-refractivity contribution in [1.29, 1.82) is 0 Å². The normalized spacial score (nSPS) is 16.9. The van der Waals surface area contributed by atoms with E-state index >= 15 is 0 Å². The zero-order valence-electron chi connectivity index (χ0n) is 13.3. The summed E-state index contributed by atoms with van der Waals surface area (Å²) in [6.07, 6.45) is 2.86. The topological polar surface area (TPSA) is 69.6 Å². The summed E-state index contributed by atoms with van der Waals surface area (Å²) in [5.74, 6) is -1.07. The van der Waals surface area contributed by atoms with Gasteiger partial charge in [-0.05, 0) is 50.3 Å². The first-order valence-corrected chi connectivity index (χ1v) is 8.77. The van der Waals surface area contributed by atoms with Gasteiger partial charge in [0.1, 0.15) is 0 Å². The van der Waals surface area contributed by atoms with E-state index in [-0.39, 0.29) is 18.0 Å². The Morgan fingerprint density at radius 1 is 1.30 bits per heavy atom. The van der Waals surface area contributed by atoms with Crippen molar-refractivity contribution in [2.24, 2.45) is 5.92 Å². The molecule has 2 N–H and O–H groups in total. The maximum absolute atomic E-state index is 12.2. The lowest BCUT2D eigenvalue weighted by atomic mass is 9.97. The number of carbonyl (C=O) groups excluding carboxylic acids is 1. The Hall–Kier alpha value is -1.56. The molecule has 1 unspecified atom stereocenters. The molecule has 1 aromatic carbocycles. The minimum Gasteiger partial charge on any atom is -0.481 e. The van der Waals surface area contributed by atoms with E-state index in [9.17, 15) is 9.59 Å². The molecule has 1 heterocycles. The van der Waals surface area contributed by atoms with Crippen LogP contribution in [-0.2, 0) is 11.2 Å². The van der Waals surface area contributed by atoms with Crippen LogP contribution in [0.25, 0.3) is 0 Å². The monoisotopic (exact) mass is 382 g/mol. The Kier molecular flexibility index (Phi) is 6.45. The summed E-state index contributed by atoms with van der Waals surface area (Å²) in [6.45, 7) is 3.03. The molecule has 0 spiro atoms. The van der Waals surface area contributed by atoms with Crippen molar-refractivity contribution in [2.45, 2.75) is 38.6 Å². The van der Waals surface area contributed by atoms with E-state index in [0.717, 1.165) is 17.3 Å². The molecule has 1 atom stereocenters. The smallest absolute Gasteiger partial charge is 0.317 e. The zero-order valence-corrected chi connectivity index (χ0v) is 14.9. The Bertz CT molecular complexity index is 539. The van der Waals surface area contributed by atoms with Crippen LogP contribution in [0.2, 0.25) is 0 Å². The van der Waals surface area contributed by atoms with Gasteiger partial charge in [-0.15, -0.1) is 0 Å². The molecule has 2 amide bonds. The van der Waals surface area contributed by atoms with Gasteiger partial charge in [-0.2, -0.15) is 0 Å². The van der Waals surface area contributed by atoms with Gasteiger partial charge in [0, 0.05) is 23.6 Å². The highest BCUT2D eigenvalue weighted by Gasteiger charge is 2.27. The third kappa shape index (κ3) is 5.53. The number of amides is 2. The van der Waals surface area contributed by atoms with Gasteiger partial charge in [0.15, 0.2) is 0 Å². The lowest BCUT2D eigenvalue weighted by Crippen LogP contribution is -2.48. The van der Waals surface area contributed by atoms with Gasteiger partial charge in [-0.1, -0.05) is 28.1 Å². The average Bonchev–Trinajstić information content (AvgIpc) is 2.54. The number of carbonyl (C=O) groups is 2. The predicted octanol–water partition coefficient (Wildman–Crippen LogP) is 3.28. The Morgan fingerprint density at radius 3 is 2.48 bits per heavy atom. The molecule has 0 radical (unpaired) electrons.